The van der Waals surface area contributed by atoms with E-state index < -0.39 is 0 Å². The van der Waals surface area contributed by atoms with Crippen molar-refractivity contribution in [1.29, 1.82) is 0 Å². The number of nitrogens with zero attached hydrogens (tertiary/aromatic N) is 3. The number of thiophene rings is 1. The molecule has 1 amide bonds. The Morgan fingerprint density at radius 1 is 1.27 bits per heavy atom. The van der Waals surface area contributed by atoms with Crippen LogP contribution in [0.15, 0.2) is 34.2 Å². The molecule has 1 saturated carbocycles. The Balaban J connectivity index is 1.54. The van der Waals surface area contributed by atoms with E-state index in [0.717, 1.165) is 57.7 Å². The van der Waals surface area contributed by atoms with Gasteiger partial charge < -0.3 is 9.64 Å². The van der Waals surface area contributed by atoms with Crippen molar-refractivity contribution in [2.45, 2.75) is 70.7 Å². The first kappa shape index (κ1) is 23.8. The number of aryl methyl sites for hydroxylation is 2. The molecule has 2 aromatic heterocycles. The summed E-state index contributed by atoms with van der Waals surface area (Å²) in [6, 6.07) is 8.18. The molecule has 0 N–H and O–H groups in total. The summed E-state index contributed by atoms with van der Waals surface area (Å²) in [6.45, 7) is 7.35. The van der Waals surface area contributed by atoms with Gasteiger partial charge in [-0.25, -0.2) is 4.98 Å². The maximum atomic E-state index is 13.3. The Morgan fingerprint density at radius 2 is 2.00 bits per heavy atom. The number of unbranched alkanes of at least 4 members (excludes halogenated alkanes) is 1. The van der Waals surface area contributed by atoms with E-state index in [1.165, 1.54) is 11.8 Å². The van der Waals surface area contributed by atoms with Gasteiger partial charge in [-0.3, -0.25) is 14.2 Å². The summed E-state index contributed by atoms with van der Waals surface area (Å²) >= 11 is 2.94. The quantitative estimate of drug-likeness (QED) is 0.293. The smallest absolute Gasteiger partial charge is 0.263 e. The fourth-order valence-electron chi connectivity index (χ4n) is 3.88. The number of fused-ring (bicyclic) bond motifs is 1. The van der Waals surface area contributed by atoms with Crippen molar-refractivity contribution in [1.82, 2.24) is 14.5 Å². The fourth-order valence-corrected chi connectivity index (χ4v) is 5.86. The number of benzene rings is 1. The summed E-state index contributed by atoms with van der Waals surface area (Å²) in [5, 5.41) is 1.37. The number of carbonyl (C=O) groups excluding carboxylic acids is 1. The van der Waals surface area contributed by atoms with Crippen molar-refractivity contribution < 1.29 is 9.53 Å². The zero-order chi connectivity index (χ0) is 23.5. The molecule has 0 atom stereocenters. The predicted molar refractivity (Wildman–Crippen MR) is 136 cm³/mol. The Morgan fingerprint density at radius 3 is 2.64 bits per heavy atom. The van der Waals surface area contributed by atoms with Crippen molar-refractivity contribution in [3.63, 3.8) is 0 Å². The summed E-state index contributed by atoms with van der Waals surface area (Å²) in [6.07, 6.45) is 3.99. The summed E-state index contributed by atoms with van der Waals surface area (Å²) < 4.78 is 7.01. The molecule has 1 fully saturated rings. The lowest BCUT2D eigenvalue weighted by Crippen LogP contribution is -2.34. The van der Waals surface area contributed by atoms with Crippen molar-refractivity contribution in [2.24, 2.45) is 0 Å². The van der Waals surface area contributed by atoms with Crippen LogP contribution < -0.4 is 10.3 Å². The Hall–Kier alpha value is -2.32. The lowest BCUT2D eigenvalue weighted by molar-refractivity contribution is -0.129. The number of rotatable bonds is 10. The van der Waals surface area contributed by atoms with E-state index in [1.807, 2.05) is 43.0 Å². The average Bonchev–Trinajstić information content (AvgIpc) is 3.61. The lowest BCUT2D eigenvalue weighted by Gasteiger charge is -2.23. The second-order valence-corrected chi connectivity index (χ2v) is 10.7. The minimum atomic E-state index is 0.0162. The molecular weight excluding hydrogens is 454 g/mol. The minimum absolute atomic E-state index is 0.0162. The number of ether oxygens (including phenoxy) is 1. The summed E-state index contributed by atoms with van der Waals surface area (Å²) in [4.78, 5) is 35.2. The van der Waals surface area contributed by atoms with E-state index in [-0.39, 0.29) is 17.2 Å². The van der Waals surface area contributed by atoms with E-state index in [2.05, 4.69) is 6.92 Å². The standard InChI is InChI=1S/C25H31N3O3S2/c1-5-6-13-27-24(30)22-16(2)17(3)33-23(22)26-25(27)32-15-21(29)28(19-9-10-19)14-18-7-11-20(31-4)12-8-18/h7-8,11-12,19H,5-6,9-10,13-15H2,1-4H3. The van der Waals surface area contributed by atoms with Gasteiger partial charge in [0.25, 0.3) is 5.56 Å². The summed E-state index contributed by atoms with van der Waals surface area (Å²) in [5.41, 5.74) is 2.12. The third kappa shape index (κ3) is 5.27. The van der Waals surface area contributed by atoms with Gasteiger partial charge in [0.1, 0.15) is 10.6 Å². The highest BCUT2D eigenvalue weighted by Gasteiger charge is 2.32. The van der Waals surface area contributed by atoms with Gasteiger partial charge in [-0.2, -0.15) is 0 Å². The van der Waals surface area contributed by atoms with Crippen LogP contribution >= 0.6 is 23.1 Å². The van der Waals surface area contributed by atoms with E-state index >= 15 is 0 Å². The van der Waals surface area contributed by atoms with Crippen LogP contribution in [0.25, 0.3) is 10.2 Å². The number of methoxy groups -OCH3 is 1. The predicted octanol–water partition coefficient (Wildman–Crippen LogP) is 5.17. The number of amides is 1. The van der Waals surface area contributed by atoms with Crippen molar-refractivity contribution in [3.05, 3.63) is 50.6 Å². The van der Waals surface area contributed by atoms with Crippen molar-refractivity contribution in [2.75, 3.05) is 12.9 Å². The minimum Gasteiger partial charge on any atom is -0.497 e. The van der Waals surface area contributed by atoms with Crippen molar-refractivity contribution >= 4 is 39.2 Å². The molecule has 1 aliphatic rings. The molecule has 0 radical (unpaired) electrons. The van der Waals surface area contributed by atoms with E-state index in [1.54, 1.807) is 23.0 Å². The zero-order valence-electron chi connectivity index (χ0n) is 19.7. The van der Waals surface area contributed by atoms with Crippen molar-refractivity contribution in [3.8, 4) is 5.75 Å². The van der Waals surface area contributed by atoms with Gasteiger partial charge in [-0.15, -0.1) is 11.3 Å². The Labute approximate surface area is 203 Å². The van der Waals surface area contributed by atoms with E-state index in [0.29, 0.717) is 24.3 Å². The third-order valence-corrected chi connectivity index (χ3v) is 8.20. The molecule has 1 aromatic carbocycles. The largest absolute Gasteiger partial charge is 0.497 e. The number of thioether (sulfide) groups is 1. The molecule has 176 valence electrons. The monoisotopic (exact) mass is 485 g/mol. The molecule has 0 bridgehead atoms. The second-order valence-electron chi connectivity index (χ2n) is 8.56. The normalized spacial score (nSPS) is 13.5. The summed E-state index contributed by atoms with van der Waals surface area (Å²) in [5.74, 6) is 1.18. The van der Waals surface area contributed by atoms with Gasteiger partial charge in [0.05, 0.1) is 18.2 Å². The topological polar surface area (TPSA) is 64.4 Å². The maximum Gasteiger partial charge on any atom is 0.263 e. The molecule has 3 aromatic rings. The summed E-state index contributed by atoms with van der Waals surface area (Å²) in [7, 11) is 1.65. The molecule has 6 nitrogen and oxygen atoms in total. The van der Waals surface area contributed by atoms with Crippen LogP contribution in [0.2, 0.25) is 0 Å². The molecule has 2 heterocycles. The van der Waals surface area contributed by atoms with Crippen LogP contribution in [0.3, 0.4) is 0 Å². The van der Waals surface area contributed by atoms with Gasteiger partial charge in [0.2, 0.25) is 5.91 Å². The average molecular weight is 486 g/mol. The number of hydrogen-bond donors (Lipinski definition) is 0. The highest BCUT2D eigenvalue weighted by atomic mass is 32.2. The highest BCUT2D eigenvalue weighted by molar-refractivity contribution is 7.99. The van der Waals surface area contributed by atoms with Crippen LogP contribution in [-0.4, -0.2) is 39.3 Å². The fraction of sp³-hybridized carbons (Fsp3) is 0.480. The van der Waals surface area contributed by atoms with Crippen LogP contribution in [0.1, 0.15) is 48.6 Å². The Bertz CT molecular complexity index is 1200. The second kappa shape index (κ2) is 10.3. The first-order valence-electron chi connectivity index (χ1n) is 11.5. The SMILES string of the molecule is CCCCn1c(SCC(=O)N(Cc2ccc(OC)cc2)C2CC2)nc2sc(C)c(C)c2c1=O. The molecule has 33 heavy (non-hydrogen) atoms. The first-order valence-corrected chi connectivity index (χ1v) is 13.3. The van der Waals surface area contributed by atoms with Crippen LogP contribution in [-0.2, 0) is 17.9 Å². The molecule has 0 unspecified atom stereocenters. The Kier molecular flexibility index (Phi) is 7.44. The van der Waals surface area contributed by atoms with Crippen LogP contribution in [0, 0.1) is 13.8 Å². The van der Waals surface area contributed by atoms with Crippen LogP contribution in [0.4, 0.5) is 0 Å². The van der Waals surface area contributed by atoms with Crippen LogP contribution in [0.5, 0.6) is 5.75 Å². The third-order valence-electron chi connectivity index (χ3n) is 6.13. The molecular formula is C25H31N3O3S2. The zero-order valence-corrected chi connectivity index (χ0v) is 21.4. The van der Waals surface area contributed by atoms with Gasteiger partial charge >= 0.3 is 0 Å². The molecule has 0 spiro atoms. The van der Waals surface area contributed by atoms with E-state index in [9.17, 15) is 9.59 Å². The number of aromatic nitrogens is 2. The number of carbonyl (C=O) groups is 1. The molecule has 4 rings (SSSR count). The first-order chi connectivity index (χ1) is 15.9. The van der Waals surface area contributed by atoms with Gasteiger partial charge in [-0.05, 0) is 56.4 Å². The maximum absolute atomic E-state index is 13.3. The molecule has 0 saturated heterocycles. The van der Waals surface area contributed by atoms with E-state index in [4.69, 9.17) is 9.72 Å². The molecule has 1 aliphatic carbocycles. The lowest BCUT2D eigenvalue weighted by atomic mass is 10.2. The molecule has 0 aliphatic heterocycles. The molecule has 8 heteroatoms. The number of hydrogen-bond acceptors (Lipinski definition) is 6. The van der Waals surface area contributed by atoms with Gasteiger partial charge in [0.15, 0.2) is 5.16 Å². The van der Waals surface area contributed by atoms with Gasteiger partial charge in [-0.1, -0.05) is 37.2 Å². The highest BCUT2D eigenvalue weighted by Crippen LogP contribution is 2.31. The van der Waals surface area contributed by atoms with Gasteiger partial charge in [0, 0.05) is 24.0 Å².